The van der Waals surface area contributed by atoms with Crippen molar-refractivity contribution < 1.29 is 9.90 Å². The number of carboxylic acids is 1. The number of hydrogen-bond acceptors (Lipinski definition) is 2. The van der Waals surface area contributed by atoms with Gasteiger partial charge in [-0.1, -0.05) is 31.2 Å². The lowest BCUT2D eigenvalue weighted by Crippen LogP contribution is -2.28. The first-order valence-electron chi connectivity index (χ1n) is 4.47. The number of rotatable bonds is 3. The standard InChI is InChI=1S/C10H15NO2/c1-2-10(9(12)13)5-3-8(7-11)4-6-10/h3-6,8H,2,7,11H2,1H3,(H,12,13). The fourth-order valence-corrected chi connectivity index (χ4v) is 1.40. The quantitative estimate of drug-likeness (QED) is 0.642. The first-order chi connectivity index (χ1) is 6.14. The Morgan fingerprint density at radius 3 is 2.38 bits per heavy atom. The molecule has 0 spiro atoms. The molecule has 13 heavy (non-hydrogen) atoms. The van der Waals surface area contributed by atoms with Crippen molar-refractivity contribution in [2.24, 2.45) is 17.1 Å². The molecular weight excluding hydrogens is 166 g/mol. The fourth-order valence-electron chi connectivity index (χ4n) is 1.40. The molecule has 0 aliphatic heterocycles. The van der Waals surface area contributed by atoms with Crippen LogP contribution in [0.4, 0.5) is 0 Å². The Morgan fingerprint density at radius 1 is 1.54 bits per heavy atom. The second-order valence-corrected chi connectivity index (χ2v) is 3.32. The highest BCUT2D eigenvalue weighted by Crippen LogP contribution is 2.30. The van der Waals surface area contributed by atoms with Crippen LogP contribution in [0.15, 0.2) is 24.3 Å². The van der Waals surface area contributed by atoms with E-state index in [1.54, 1.807) is 12.2 Å². The van der Waals surface area contributed by atoms with E-state index in [9.17, 15) is 4.79 Å². The average Bonchev–Trinajstić information content (AvgIpc) is 2.17. The van der Waals surface area contributed by atoms with Gasteiger partial charge in [-0.3, -0.25) is 4.79 Å². The molecule has 72 valence electrons. The van der Waals surface area contributed by atoms with Gasteiger partial charge in [-0.05, 0) is 6.42 Å². The summed E-state index contributed by atoms with van der Waals surface area (Å²) in [6.45, 7) is 2.40. The molecule has 3 heteroatoms. The third-order valence-electron chi connectivity index (χ3n) is 2.54. The van der Waals surface area contributed by atoms with Crippen molar-refractivity contribution in [1.82, 2.24) is 0 Å². The highest BCUT2D eigenvalue weighted by Gasteiger charge is 2.32. The van der Waals surface area contributed by atoms with Crippen LogP contribution in [0.25, 0.3) is 0 Å². The van der Waals surface area contributed by atoms with Gasteiger partial charge >= 0.3 is 5.97 Å². The van der Waals surface area contributed by atoms with Gasteiger partial charge in [0.25, 0.3) is 0 Å². The first kappa shape index (κ1) is 9.99. The Hall–Kier alpha value is -1.09. The van der Waals surface area contributed by atoms with E-state index in [1.807, 2.05) is 19.1 Å². The molecule has 0 aromatic rings. The van der Waals surface area contributed by atoms with Crippen molar-refractivity contribution in [2.75, 3.05) is 6.54 Å². The maximum atomic E-state index is 11.0. The summed E-state index contributed by atoms with van der Waals surface area (Å²) in [4.78, 5) is 11.0. The zero-order chi connectivity index (χ0) is 9.90. The molecule has 0 radical (unpaired) electrons. The van der Waals surface area contributed by atoms with Gasteiger partial charge in [-0.2, -0.15) is 0 Å². The largest absolute Gasteiger partial charge is 0.480 e. The molecular formula is C10H15NO2. The molecule has 0 unspecified atom stereocenters. The second kappa shape index (κ2) is 3.75. The van der Waals surface area contributed by atoms with Crippen molar-refractivity contribution in [3.63, 3.8) is 0 Å². The van der Waals surface area contributed by atoms with Gasteiger partial charge in [0.1, 0.15) is 5.41 Å². The Morgan fingerprint density at radius 2 is 2.08 bits per heavy atom. The van der Waals surface area contributed by atoms with Gasteiger partial charge in [0.05, 0.1) is 0 Å². The first-order valence-corrected chi connectivity index (χ1v) is 4.47. The Balaban J connectivity index is 2.85. The molecule has 3 nitrogen and oxygen atoms in total. The Kier molecular flexibility index (Phi) is 2.88. The molecule has 0 saturated heterocycles. The topological polar surface area (TPSA) is 63.3 Å². The minimum absolute atomic E-state index is 0.194. The van der Waals surface area contributed by atoms with Crippen LogP contribution in [0.3, 0.4) is 0 Å². The van der Waals surface area contributed by atoms with Crippen LogP contribution in [0.2, 0.25) is 0 Å². The van der Waals surface area contributed by atoms with Gasteiger partial charge in [0.2, 0.25) is 0 Å². The normalized spacial score (nSPS) is 32.0. The lowest BCUT2D eigenvalue weighted by Gasteiger charge is -2.24. The van der Waals surface area contributed by atoms with Crippen LogP contribution in [0.1, 0.15) is 13.3 Å². The van der Waals surface area contributed by atoms with Crippen molar-refractivity contribution in [3.05, 3.63) is 24.3 Å². The van der Waals surface area contributed by atoms with E-state index in [1.165, 1.54) is 0 Å². The maximum Gasteiger partial charge on any atom is 0.317 e. The minimum Gasteiger partial charge on any atom is -0.480 e. The monoisotopic (exact) mass is 181 g/mol. The van der Waals surface area contributed by atoms with E-state index in [0.717, 1.165) is 0 Å². The SMILES string of the molecule is CCC1(C(=O)O)C=CC(CN)C=C1. The van der Waals surface area contributed by atoms with E-state index < -0.39 is 11.4 Å². The summed E-state index contributed by atoms with van der Waals surface area (Å²) in [6, 6.07) is 0. The summed E-state index contributed by atoms with van der Waals surface area (Å²) in [7, 11) is 0. The minimum atomic E-state index is -0.800. The van der Waals surface area contributed by atoms with Gasteiger partial charge < -0.3 is 10.8 Å². The van der Waals surface area contributed by atoms with Gasteiger partial charge in [0, 0.05) is 12.5 Å². The summed E-state index contributed by atoms with van der Waals surface area (Å²) in [5.41, 5.74) is 4.66. The third kappa shape index (κ3) is 1.80. The Bertz CT molecular complexity index is 242. The molecule has 1 aliphatic carbocycles. The summed E-state index contributed by atoms with van der Waals surface area (Å²) < 4.78 is 0. The molecule has 0 atom stereocenters. The van der Waals surface area contributed by atoms with Crippen LogP contribution in [0.5, 0.6) is 0 Å². The number of nitrogens with two attached hydrogens (primary N) is 1. The van der Waals surface area contributed by atoms with Gasteiger partial charge in [-0.25, -0.2) is 0 Å². The number of carbonyl (C=O) groups is 1. The van der Waals surface area contributed by atoms with E-state index in [4.69, 9.17) is 10.8 Å². The summed E-state index contributed by atoms with van der Waals surface area (Å²) in [5.74, 6) is -0.600. The Labute approximate surface area is 77.9 Å². The van der Waals surface area contributed by atoms with E-state index >= 15 is 0 Å². The zero-order valence-electron chi connectivity index (χ0n) is 7.73. The van der Waals surface area contributed by atoms with E-state index in [-0.39, 0.29) is 5.92 Å². The lowest BCUT2D eigenvalue weighted by atomic mass is 9.79. The maximum absolute atomic E-state index is 11.0. The van der Waals surface area contributed by atoms with Crippen molar-refractivity contribution in [3.8, 4) is 0 Å². The zero-order valence-corrected chi connectivity index (χ0v) is 7.73. The predicted molar refractivity (Wildman–Crippen MR) is 51.2 cm³/mol. The fraction of sp³-hybridized carbons (Fsp3) is 0.500. The predicted octanol–water partition coefficient (Wildman–Crippen LogP) is 1.17. The highest BCUT2D eigenvalue weighted by atomic mass is 16.4. The molecule has 0 aromatic carbocycles. The molecule has 0 heterocycles. The molecule has 0 aromatic heterocycles. The van der Waals surface area contributed by atoms with Crippen LogP contribution < -0.4 is 5.73 Å². The van der Waals surface area contributed by atoms with Crippen molar-refractivity contribution in [1.29, 1.82) is 0 Å². The molecule has 0 fully saturated rings. The number of carboxylic acid groups (broad SMARTS) is 1. The molecule has 0 bridgehead atoms. The average molecular weight is 181 g/mol. The molecule has 1 aliphatic rings. The number of aliphatic carboxylic acids is 1. The second-order valence-electron chi connectivity index (χ2n) is 3.32. The van der Waals surface area contributed by atoms with E-state index in [2.05, 4.69) is 0 Å². The van der Waals surface area contributed by atoms with Crippen LogP contribution >= 0.6 is 0 Å². The van der Waals surface area contributed by atoms with Crippen molar-refractivity contribution >= 4 is 5.97 Å². The summed E-state index contributed by atoms with van der Waals surface area (Å²) in [5, 5.41) is 9.01. The molecule has 3 N–H and O–H groups in total. The lowest BCUT2D eigenvalue weighted by molar-refractivity contribution is -0.143. The summed E-state index contributed by atoms with van der Waals surface area (Å²) in [6.07, 6.45) is 7.81. The van der Waals surface area contributed by atoms with Crippen LogP contribution in [0, 0.1) is 11.3 Å². The van der Waals surface area contributed by atoms with Crippen LogP contribution in [-0.4, -0.2) is 17.6 Å². The molecule has 0 amide bonds. The van der Waals surface area contributed by atoms with Crippen molar-refractivity contribution in [2.45, 2.75) is 13.3 Å². The molecule has 1 rings (SSSR count). The van der Waals surface area contributed by atoms with E-state index in [0.29, 0.717) is 13.0 Å². The highest BCUT2D eigenvalue weighted by molar-refractivity contribution is 5.80. The van der Waals surface area contributed by atoms with Crippen LogP contribution in [-0.2, 0) is 4.79 Å². The van der Waals surface area contributed by atoms with Gasteiger partial charge in [-0.15, -0.1) is 0 Å². The van der Waals surface area contributed by atoms with Gasteiger partial charge in [0.15, 0.2) is 0 Å². The summed E-state index contributed by atoms with van der Waals surface area (Å²) >= 11 is 0. The molecule has 0 saturated carbocycles. The number of hydrogen-bond donors (Lipinski definition) is 2. The smallest absolute Gasteiger partial charge is 0.317 e. The third-order valence-corrected chi connectivity index (χ3v) is 2.54.